The first-order valence-corrected chi connectivity index (χ1v) is 5.39. The van der Waals surface area contributed by atoms with E-state index in [4.69, 9.17) is 0 Å². The molecule has 0 rings (SSSR count). The maximum absolute atomic E-state index is 10.2. The maximum atomic E-state index is 10.2. The van der Waals surface area contributed by atoms with Gasteiger partial charge in [-0.25, -0.2) is 0 Å². The third-order valence-electron chi connectivity index (χ3n) is 1.98. The van der Waals surface area contributed by atoms with E-state index in [1.54, 1.807) is 12.2 Å². The van der Waals surface area contributed by atoms with Gasteiger partial charge in [-0.2, -0.15) is 0 Å². The van der Waals surface area contributed by atoms with E-state index in [1.165, 1.54) is 0 Å². The molecule has 0 aliphatic heterocycles. The molecule has 0 aromatic rings. The highest BCUT2D eigenvalue weighted by Crippen LogP contribution is 2.16. The van der Waals surface area contributed by atoms with E-state index in [-0.39, 0.29) is 10.8 Å². The zero-order valence-electron chi connectivity index (χ0n) is 11.0. The molecule has 0 fully saturated rings. The minimum Gasteiger partial charge on any atom is -0.303 e. The molecule has 0 unspecified atom stereocenters. The van der Waals surface area contributed by atoms with Crippen LogP contribution in [-0.4, -0.2) is 12.6 Å². The molecule has 0 atom stereocenters. The lowest BCUT2D eigenvalue weighted by Gasteiger charge is -2.11. The van der Waals surface area contributed by atoms with Crippen molar-refractivity contribution in [3.63, 3.8) is 0 Å². The SMILES string of the molecule is C=CCC(C)(C)C=O.C=CCC(C)(C)C=O. The first-order chi connectivity index (χ1) is 7.24. The second-order valence-corrected chi connectivity index (χ2v) is 5.20. The van der Waals surface area contributed by atoms with E-state index < -0.39 is 0 Å². The molecule has 0 radical (unpaired) electrons. The van der Waals surface area contributed by atoms with Crippen molar-refractivity contribution in [1.82, 2.24) is 0 Å². The molecule has 0 bridgehead atoms. The van der Waals surface area contributed by atoms with E-state index in [2.05, 4.69) is 13.2 Å². The molecule has 2 nitrogen and oxygen atoms in total. The van der Waals surface area contributed by atoms with Gasteiger partial charge in [-0.1, -0.05) is 39.8 Å². The van der Waals surface area contributed by atoms with Crippen molar-refractivity contribution in [2.24, 2.45) is 10.8 Å². The molecule has 0 aliphatic carbocycles. The quantitative estimate of drug-likeness (QED) is 0.510. The lowest BCUT2D eigenvalue weighted by molar-refractivity contribution is -0.115. The summed E-state index contributed by atoms with van der Waals surface area (Å²) in [5, 5.41) is 0. The Morgan fingerprint density at radius 3 is 1.12 bits per heavy atom. The van der Waals surface area contributed by atoms with Crippen LogP contribution in [0.1, 0.15) is 40.5 Å². The normalized spacial score (nSPS) is 10.8. The van der Waals surface area contributed by atoms with Gasteiger partial charge >= 0.3 is 0 Å². The zero-order valence-corrected chi connectivity index (χ0v) is 11.0. The highest BCUT2D eigenvalue weighted by Gasteiger charge is 2.13. The molecule has 0 heterocycles. The Labute approximate surface area is 99.4 Å². The lowest BCUT2D eigenvalue weighted by atomic mass is 9.92. The van der Waals surface area contributed by atoms with Crippen molar-refractivity contribution in [2.75, 3.05) is 0 Å². The zero-order chi connectivity index (χ0) is 13.2. The Balaban J connectivity index is 0. The Morgan fingerprint density at radius 1 is 0.812 bits per heavy atom. The number of hydrogen-bond donors (Lipinski definition) is 0. The van der Waals surface area contributed by atoms with E-state index in [0.29, 0.717) is 0 Å². The van der Waals surface area contributed by atoms with Gasteiger partial charge < -0.3 is 9.59 Å². The number of allylic oxidation sites excluding steroid dienone is 2. The van der Waals surface area contributed by atoms with Crippen LogP contribution in [0.15, 0.2) is 25.3 Å². The predicted molar refractivity (Wildman–Crippen MR) is 69.3 cm³/mol. The molecule has 2 heteroatoms. The van der Waals surface area contributed by atoms with Gasteiger partial charge in [0.25, 0.3) is 0 Å². The van der Waals surface area contributed by atoms with Gasteiger partial charge in [-0.3, -0.25) is 0 Å². The number of carbonyl (C=O) groups excluding carboxylic acids is 2. The lowest BCUT2D eigenvalue weighted by Crippen LogP contribution is -2.10. The van der Waals surface area contributed by atoms with Crippen LogP contribution in [0.5, 0.6) is 0 Å². The number of rotatable bonds is 6. The molecule has 16 heavy (non-hydrogen) atoms. The number of carbonyl (C=O) groups is 2. The predicted octanol–water partition coefficient (Wildman–Crippen LogP) is 3.58. The minimum absolute atomic E-state index is 0.207. The van der Waals surface area contributed by atoms with E-state index >= 15 is 0 Å². The molecule has 0 saturated heterocycles. The van der Waals surface area contributed by atoms with Gasteiger partial charge in [0.2, 0.25) is 0 Å². The van der Waals surface area contributed by atoms with Crippen LogP contribution < -0.4 is 0 Å². The summed E-state index contributed by atoms with van der Waals surface area (Å²) >= 11 is 0. The average Bonchev–Trinajstić information content (AvgIpc) is 2.19. The first kappa shape index (κ1) is 17.2. The molecular weight excluding hydrogens is 200 g/mol. The molecule has 0 aliphatic rings. The fourth-order valence-electron chi connectivity index (χ4n) is 0.840. The van der Waals surface area contributed by atoms with Crippen LogP contribution in [0.25, 0.3) is 0 Å². The van der Waals surface area contributed by atoms with Gasteiger partial charge in [-0.15, -0.1) is 13.2 Å². The Bertz CT molecular complexity index is 211. The summed E-state index contributed by atoms with van der Waals surface area (Å²) in [6.07, 6.45) is 6.94. The van der Waals surface area contributed by atoms with Crippen molar-refractivity contribution in [3.8, 4) is 0 Å². The number of aldehydes is 2. The molecule has 0 saturated carbocycles. The Hall–Kier alpha value is -1.18. The molecule has 0 N–H and O–H groups in total. The molecule has 0 aromatic heterocycles. The van der Waals surface area contributed by atoms with Crippen LogP contribution in [0.3, 0.4) is 0 Å². The molecular formula is C14H24O2. The Morgan fingerprint density at radius 2 is 1.06 bits per heavy atom. The summed E-state index contributed by atoms with van der Waals surface area (Å²) in [7, 11) is 0. The average molecular weight is 224 g/mol. The van der Waals surface area contributed by atoms with E-state index in [1.807, 2.05) is 27.7 Å². The highest BCUT2D eigenvalue weighted by molar-refractivity contribution is 5.58. The standard InChI is InChI=1S/2C7H12O/c2*1-4-5-7(2,3)6-8/h2*4,6H,1,5H2,2-3H3. The fraction of sp³-hybridized carbons (Fsp3) is 0.571. The van der Waals surface area contributed by atoms with Crippen molar-refractivity contribution in [2.45, 2.75) is 40.5 Å². The largest absolute Gasteiger partial charge is 0.303 e. The van der Waals surface area contributed by atoms with Crippen molar-refractivity contribution >= 4 is 12.6 Å². The van der Waals surface area contributed by atoms with Gasteiger partial charge in [0.1, 0.15) is 12.6 Å². The van der Waals surface area contributed by atoms with Crippen LogP contribution in [-0.2, 0) is 9.59 Å². The van der Waals surface area contributed by atoms with Crippen LogP contribution >= 0.6 is 0 Å². The second-order valence-electron chi connectivity index (χ2n) is 5.20. The van der Waals surface area contributed by atoms with Gasteiger partial charge in [0.05, 0.1) is 0 Å². The van der Waals surface area contributed by atoms with Crippen LogP contribution in [0.2, 0.25) is 0 Å². The second kappa shape index (κ2) is 8.03. The van der Waals surface area contributed by atoms with Gasteiger partial charge in [0, 0.05) is 10.8 Å². The monoisotopic (exact) mass is 224 g/mol. The third-order valence-corrected chi connectivity index (χ3v) is 1.98. The molecule has 0 aromatic carbocycles. The maximum Gasteiger partial charge on any atom is 0.125 e. The fourth-order valence-corrected chi connectivity index (χ4v) is 0.840. The topological polar surface area (TPSA) is 34.1 Å². The summed E-state index contributed by atoms with van der Waals surface area (Å²) in [6, 6.07) is 0. The van der Waals surface area contributed by atoms with Gasteiger partial charge in [-0.05, 0) is 12.8 Å². The van der Waals surface area contributed by atoms with Crippen molar-refractivity contribution < 1.29 is 9.59 Å². The molecule has 92 valence electrons. The van der Waals surface area contributed by atoms with Crippen LogP contribution in [0.4, 0.5) is 0 Å². The highest BCUT2D eigenvalue weighted by atomic mass is 16.1. The molecule has 0 spiro atoms. The third kappa shape index (κ3) is 10.9. The summed E-state index contributed by atoms with van der Waals surface area (Å²) in [6.45, 7) is 14.6. The van der Waals surface area contributed by atoms with Crippen molar-refractivity contribution in [1.29, 1.82) is 0 Å². The summed E-state index contributed by atoms with van der Waals surface area (Å²) in [4.78, 5) is 20.3. The summed E-state index contributed by atoms with van der Waals surface area (Å²) < 4.78 is 0. The van der Waals surface area contributed by atoms with Crippen molar-refractivity contribution in [3.05, 3.63) is 25.3 Å². The Kier molecular flexibility index (Phi) is 8.64. The summed E-state index contributed by atoms with van der Waals surface area (Å²) in [5.74, 6) is 0. The van der Waals surface area contributed by atoms with E-state index in [9.17, 15) is 9.59 Å². The number of hydrogen-bond acceptors (Lipinski definition) is 2. The van der Waals surface area contributed by atoms with Crippen LogP contribution in [0, 0.1) is 10.8 Å². The smallest absolute Gasteiger partial charge is 0.125 e. The van der Waals surface area contributed by atoms with Gasteiger partial charge in [0.15, 0.2) is 0 Å². The summed E-state index contributed by atoms with van der Waals surface area (Å²) in [5.41, 5.74) is -0.413. The molecule has 0 amide bonds. The first-order valence-electron chi connectivity index (χ1n) is 5.39. The minimum atomic E-state index is -0.207. The van der Waals surface area contributed by atoms with E-state index in [0.717, 1.165) is 25.4 Å².